The highest BCUT2D eigenvalue weighted by Gasteiger charge is 2.17. The minimum atomic E-state index is -4.49. The summed E-state index contributed by atoms with van der Waals surface area (Å²) in [5.41, 5.74) is 0.481. The zero-order valence-electron chi connectivity index (χ0n) is 6.09. The lowest BCUT2D eigenvalue weighted by molar-refractivity contribution is 0.554. The van der Waals surface area contributed by atoms with Crippen molar-refractivity contribution in [1.29, 1.82) is 0 Å². The first-order chi connectivity index (χ1) is 4.91. The van der Waals surface area contributed by atoms with Crippen molar-refractivity contribution in [3.63, 3.8) is 0 Å². The first kappa shape index (κ1) is 8.67. The maximum atomic E-state index is 12.4. The minimum absolute atomic E-state index is 0.171. The maximum Gasteiger partial charge on any atom is 0.341 e. The molecule has 1 rings (SSSR count). The fraction of sp³-hybridized carbons (Fsp3) is 0.333. The quantitative estimate of drug-likeness (QED) is 0.641. The molecule has 0 amide bonds. The van der Waals surface area contributed by atoms with Crippen molar-refractivity contribution in [3.8, 4) is 0 Å². The second-order valence-corrected chi connectivity index (χ2v) is 5.06. The van der Waals surface area contributed by atoms with Gasteiger partial charge in [0.25, 0.3) is 0 Å². The highest BCUT2D eigenvalue weighted by molar-refractivity contribution is 7.88. The monoisotopic (exact) mass is 194 g/mol. The molecule has 0 unspecified atom stereocenters. The molecule has 0 atom stereocenters. The Morgan fingerprint density at radius 1 is 1.45 bits per heavy atom. The lowest BCUT2D eigenvalue weighted by atomic mass is 10.4. The van der Waals surface area contributed by atoms with E-state index < -0.39 is 10.2 Å². The van der Waals surface area contributed by atoms with Crippen molar-refractivity contribution in [1.82, 2.24) is 0 Å². The van der Waals surface area contributed by atoms with E-state index in [0.29, 0.717) is 5.56 Å². The lowest BCUT2D eigenvalue weighted by Crippen LogP contribution is -1.88. The second-order valence-electron chi connectivity index (χ2n) is 2.27. The van der Waals surface area contributed by atoms with Gasteiger partial charge >= 0.3 is 10.2 Å². The van der Waals surface area contributed by atoms with E-state index in [9.17, 15) is 12.3 Å². The molecule has 5 heteroatoms. The van der Waals surface area contributed by atoms with Crippen LogP contribution in [0.15, 0.2) is 10.3 Å². The summed E-state index contributed by atoms with van der Waals surface area (Å²) in [5, 5.41) is 0. The summed E-state index contributed by atoms with van der Waals surface area (Å²) in [5.74, 6) is 0. The third kappa shape index (κ3) is 1.78. The van der Waals surface area contributed by atoms with Crippen LogP contribution >= 0.6 is 11.3 Å². The maximum absolute atomic E-state index is 12.4. The number of aryl methyl sites for hydroxylation is 2. The van der Waals surface area contributed by atoms with Gasteiger partial charge in [-0.3, -0.25) is 0 Å². The van der Waals surface area contributed by atoms with Gasteiger partial charge in [0.05, 0.1) is 0 Å². The molecule has 0 spiro atoms. The van der Waals surface area contributed by atoms with Gasteiger partial charge in [-0.1, -0.05) is 3.89 Å². The van der Waals surface area contributed by atoms with Crippen LogP contribution in [0, 0.1) is 13.8 Å². The van der Waals surface area contributed by atoms with Crippen LogP contribution in [-0.4, -0.2) is 8.42 Å². The lowest BCUT2D eigenvalue weighted by Gasteiger charge is -1.88. The summed E-state index contributed by atoms with van der Waals surface area (Å²) in [6, 6.07) is 1.65. The molecular formula is C6H7FO2S2. The first-order valence-electron chi connectivity index (χ1n) is 2.93. The van der Waals surface area contributed by atoms with Gasteiger partial charge in [0.15, 0.2) is 4.21 Å². The average molecular weight is 194 g/mol. The Balaban J connectivity index is 3.36. The second kappa shape index (κ2) is 2.57. The fourth-order valence-corrected chi connectivity index (χ4v) is 2.85. The summed E-state index contributed by atoms with van der Waals surface area (Å²) < 4.78 is 33.0. The summed E-state index contributed by atoms with van der Waals surface area (Å²) in [6.07, 6.45) is 0. The molecule has 0 aliphatic carbocycles. The highest BCUT2D eigenvalue weighted by atomic mass is 32.3. The van der Waals surface area contributed by atoms with Gasteiger partial charge in [0.2, 0.25) is 0 Å². The standard InChI is InChI=1S/C6H7FO2S2/c1-4-3-5(2)10-6(4)11(7,8)9/h3H,1-2H3. The van der Waals surface area contributed by atoms with Crippen LogP contribution in [0.1, 0.15) is 10.4 Å². The van der Waals surface area contributed by atoms with Gasteiger partial charge in [-0.05, 0) is 25.5 Å². The third-order valence-electron chi connectivity index (χ3n) is 1.22. The molecule has 1 aromatic heterocycles. The number of thiophene rings is 1. The van der Waals surface area contributed by atoms with Gasteiger partial charge in [0.1, 0.15) is 0 Å². The molecule has 0 saturated heterocycles. The molecule has 2 nitrogen and oxygen atoms in total. The summed E-state index contributed by atoms with van der Waals surface area (Å²) in [7, 11) is -4.49. The van der Waals surface area contributed by atoms with E-state index in [1.54, 1.807) is 19.9 Å². The van der Waals surface area contributed by atoms with Crippen molar-refractivity contribution >= 4 is 21.6 Å². The van der Waals surface area contributed by atoms with E-state index in [1.165, 1.54) is 0 Å². The fourth-order valence-electron chi connectivity index (χ4n) is 0.862. The molecular weight excluding hydrogens is 187 g/mol. The topological polar surface area (TPSA) is 34.1 Å². The van der Waals surface area contributed by atoms with Crippen LogP contribution in [0.3, 0.4) is 0 Å². The van der Waals surface area contributed by atoms with Crippen molar-refractivity contribution in [2.24, 2.45) is 0 Å². The predicted molar refractivity (Wildman–Crippen MR) is 42.1 cm³/mol. The summed E-state index contributed by atoms with van der Waals surface area (Å²) in [4.78, 5) is 0.804. The normalized spacial score (nSPS) is 11.9. The molecule has 0 radical (unpaired) electrons. The van der Waals surface area contributed by atoms with E-state index in [0.717, 1.165) is 16.2 Å². The van der Waals surface area contributed by atoms with Crippen LogP contribution in [0.2, 0.25) is 0 Å². The smallest absolute Gasteiger partial charge is 0.188 e. The summed E-state index contributed by atoms with van der Waals surface area (Å²) >= 11 is 0.958. The van der Waals surface area contributed by atoms with Crippen LogP contribution in [-0.2, 0) is 10.2 Å². The van der Waals surface area contributed by atoms with Gasteiger partial charge in [-0.2, -0.15) is 8.42 Å². The van der Waals surface area contributed by atoms with Crippen LogP contribution in [0.25, 0.3) is 0 Å². The van der Waals surface area contributed by atoms with Crippen molar-refractivity contribution in [2.75, 3.05) is 0 Å². The van der Waals surface area contributed by atoms with E-state index in [2.05, 4.69) is 0 Å². The molecule has 62 valence electrons. The van der Waals surface area contributed by atoms with Crippen molar-refractivity contribution in [3.05, 3.63) is 16.5 Å². The Bertz CT molecular complexity index is 364. The van der Waals surface area contributed by atoms with E-state index in [4.69, 9.17) is 0 Å². The van der Waals surface area contributed by atoms with E-state index in [-0.39, 0.29) is 4.21 Å². The molecule has 0 aromatic carbocycles. The Kier molecular flexibility index (Phi) is 2.02. The van der Waals surface area contributed by atoms with Crippen molar-refractivity contribution in [2.45, 2.75) is 18.1 Å². The molecule has 1 heterocycles. The molecule has 0 N–H and O–H groups in total. The molecule has 0 fully saturated rings. The van der Waals surface area contributed by atoms with E-state index >= 15 is 0 Å². The summed E-state index contributed by atoms with van der Waals surface area (Å²) in [6.45, 7) is 3.32. The van der Waals surface area contributed by atoms with Gasteiger partial charge < -0.3 is 0 Å². The molecule has 0 aliphatic heterocycles. The van der Waals surface area contributed by atoms with Crippen LogP contribution in [0.5, 0.6) is 0 Å². The Hall–Kier alpha value is -0.420. The molecule has 0 saturated carbocycles. The Labute approximate surface area is 68.9 Å². The number of hydrogen-bond acceptors (Lipinski definition) is 3. The Morgan fingerprint density at radius 3 is 2.18 bits per heavy atom. The first-order valence-corrected chi connectivity index (χ1v) is 5.13. The van der Waals surface area contributed by atoms with Gasteiger partial charge in [-0.15, -0.1) is 11.3 Å². The van der Waals surface area contributed by atoms with Crippen molar-refractivity contribution < 1.29 is 12.3 Å². The predicted octanol–water partition coefficient (Wildman–Crippen LogP) is 2.02. The SMILES string of the molecule is Cc1cc(C)c(S(=O)(=O)F)s1. The largest absolute Gasteiger partial charge is 0.341 e. The molecule has 0 bridgehead atoms. The third-order valence-corrected chi connectivity index (χ3v) is 3.78. The number of rotatable bonds is 1. The average Bonchev–Trinajstić information content (AvgIpc) is 2.08. The molecule has 11 heavy (non-hydrogen) atoms. The van der Waals surface area contributed by atoms with Crippen LogP contribution < -0.4 is 0 Å². The highest BCUT2D eigenvalue weighted by Crippen LogP contribution is 2.27. The van der Waals surface area contributed by atoms with E-state index in [1.807, 2.05) is 0 Å². The minimum Gasteiger partial charge on any atom is -0.188 e. The van der Waals surface area contributed by atoms with Crippen LogP contribution in [0.4, 0.5) is 3.89 Å². The van der Waals surface area contributed by atoms with Gasteiger partial charge in [-0.25, -0.2) is 0 Å². The zero-order chi connectivity index (χ0) is 8.65. The molecule has 1 aromatic rings. The molecule has 0 aliphatic rings. The Morgan fingerprint density at radius 2 is 2.00 bits per heavy atom. The zero-order valence-corrected chi connectivity index (χ0v) is 7.72. The number of halogens is 1. The van der Waals surface area contributed by atoms with Gasteiger partial charge in [0, 0.05) is 4.88 Å². The number of hydrogen-bond donors (Lipinski definition) is 0.